The van der Waals surface area contributed by atoms with Crippen LogP contribution in [0.3, 0.4) is 0 Å². The highest BCUT2D eigenvalue weighted by Gasteiger charge is 2.39. The highest BCUT2D eigenvalue weighted by molar-refractivity contribution is 6.05. The number of piperidine rings is 1. The molecule has 1 saturated heterocycles. The maximum absolute atomic E-state index is 13.0. The Bertz CT molecular complexity index is 1100. The quantitative estimate of drug-likeness (QED) is 0.698. The van der Waals surface area contributed by atoms with Crippen LogP contribution in [0.4, 0.5) is 10.5 Å². The molecule has 0 radical (unpaired) electrons. The Morgan fingerprint density at radius 2 is 2.00 bits per heavy atom. The van der Waals surface area contributed by atoms with Gasteiger partial charge in [0.05, 0.1) is 7.11 Å². The molecular weight excluding hydrogens is 412 g/mol. The van der Waals surface area contributed by atoms with Gasteiger partial charge in [0.25, 0.3) is 5.91 Å². The normalized spacial score (nSPS) is 17.6. The standard InChI is InChI=1S/C23H24N4O5/c1-26(23(31)24-15-6-4-7-16(11-15)32-2)12-14-5-3-8-17-18(14)13-27(22(17)30)19-9-10-20(28)25-21(19)29/h3-8,11,19H,9-10,12-13H2,1-2H3,(H,24,31)(H,25,28,29). The molecule has 9 nitrogen and oxygen atoms in total. The van der Waals surface area contributed by atoms with Gasteiger partial charge in [-0.25, -0.2) is 4.79 Å². The van der Waals surface area contributed by atoms with Crippen molar-refractivity contribution in [3.63, 3.8) is 0 Å². The summed E-state index contributed by atoms with van der Waals surface area (Å²) in [6.45, 7) is 0.553. The number of nitrogens with zero attached hydrogens (tertiary/aromatic N) is 2. The van der Waals surface area contributed by atoms with Gasteiger partial charge < -0.3 is 19.9 Å². The Labute approximate surface area is 185 Å². The summed E-state index contributed by atoms with van der Waals surface area (Å²) in [5, 5.41) is 5.13. The maximum atomic E-state index is 13.0. The Morgan fingerprint density at radius 3 is 2.75 bits per heavy atom. The molecule has 2 aromatic rings. The molecule has 2 aliphatic heterocycles. The van der Waals surface area contributed by atoms with Crippen molar-refractivity contribution >= 4 is 29.4 Å². The van der Waals surface area contributed by atoms with Crippen molar-refractivity contribution in [2.24, 2.45) is 0 Å². The molecule has 2 heterocycles. The first-order valence-corrected chi connectivity index (χ1v) is 10.3. The van der Waals surface area contributed by atoms with Gasteiger partial charge in [0.15, 0.2) is 0 Å². The molecule has 2 N–H and O–H groups in total. The smallest absolute Gasteiger partial charge is 0.321 e. The number of benzene rings is 2. The number of carbonyl (C=O) groups is 4. The molecule has 166 valence electrons. The van der Waals surface area contributed by atoms with Crippen molar-refractivity contribution in [1.82, 2.24) is 15.1 Å². The molecule has 0 aromatic heterocycles. The van der Waals surface area contributed by atoms with Gasteiger partial charge in [-0.05, 0) is 35.7 Å². The molecule has 1 unspecified atom stereocenters. The van der Waals surface area contributed by atoms with E-state index in [0.29, 0.717) is 23.4 Å². The highest BCUT2D eigenvalue weighted by Crippen LogP contribution is 2.30. The fraction of sp³-hybridized carbons (Fsp3) is 0.304. The zero-order chi connectivity index (χ0) is 22.8. The summed E-state index contributed by atoms with van der Waals surface area (Å²) in [5.74, 6) is -0.364. The van der Waals surface area contributed by atoms with E-state index in [2.05, 4.69) is 10.6 Å². The molecule has 32 heavy (non-hydrogen) atoms. The second-order valence-corrected chi connectivity index (χ2v) is 7.86. The summed E-state index contributed by atoms with van der Waals surface area (Å²) in [5.41, 5.74) is 2.75. The van der Waals surface area contributed by atoms with Crippen molar-refractivity contribution in [2.45, 2.75) is 32.0 Å². The van der Waals surface area contributed by atoms with Crippen LogP contribution in [0, 0.1) is 0 Å². The molecular formula is C23H24N4O5. The fourth-order valence-electron chi connectivity index (χ4n) is 4.05. The van der Waals surface area contributed by atoms with Crippen molar-refractivity contribution in [3.05, 3.63) is 59.2 Å². The minimum Gasteiger partial charge on any atom is -0.497 e. The first-order valence-electron chi connectivity index (χ1n) is 10.3. The second-order valence-electron chi connectivity index (χ2n) is 7.86. The average Bonchev–Trinajstić information content (AvgIpc) is 3.11. The van der Waals surface area contributed by atoms with Gasteiger partial charge >= 0.3 is 6.03 Å². The number of amides is 5. The van der Waals surface area contributed by atoms with E-state index in [9.17, 15) is 19.2 Å². The van der Waals surface area contributed by atoms with E-state index in [4.69, 9.17) is 4.74 Å². The van der Waals surface area contributed by atoms with Gasteiger partial charge in [0, 0.05) is 43.9 Å². The third-order valence-corrected chi connectivity index (χ3v) is 5.75. The van der Waals surface area contributed by atoms with E-state index in [0.717, 1.165) is 11.1 Å². The number of hydrogen-bond acceptors (Lipinski definition) is 5. The van der Waals surface area contributed by atoms with Crippen molar-refractivity contribution in [1.29, 1.82) is 0 Å². The molecule has 0 aliphatic carbocycles. The van der Waals surface area contributed by atoms with E-state index >= 15 is 0 Å². The van der Waals surface area contributed by atoms with Crippen molar-refractivity contribution < 1.29 is 23.9 Å². The Balaban J connectivity index is 1.47. The van der Waals surface area contributed by atoms with Crippen LogP contribution in [0.1, 0.15) is 34.3 Å². The van der Waals surface area contributed by atoms with Crippen LogP contribution in [0.2, 0.25) is 0 Å². The minimum absolute atomic E-state index is 0.205. The van der Waals surface area contributed by atoms with E-state index < -0.39 is 11.9 Å². The molecule has 2 aliphatic rings. The van der Waals surface area contributed by atoms with Crippen LogP contribution in [-0.4, -0.2) is 53.8 Å². The Hall–Kier alpha value is -3.88. The lowest BCUT2D eigenvalue weighted by Gasteiger charge is -2.29. The largest absolute Gasteiger partial charge is 0.497 e. The lowest BCUT2D eigenvalue weighted by Crippen LogP contribution is -2.52. The number of anilines is 1. The molecule has 2 aromatic carbocycles. The molecule has 0 spiro atoms. The molecule has 0 saturated carbocycles. The van der Waals surface area contributed by atoms with Gasteiger partial charge in [0.2, 0.25) is 11.8 Å². The maximum Gasteiger partial charge on any atom is 0.321 e. The number of urea groups is 1. The summed E-state index contributed by atoms with van der Waals surface area (Å²) >= 11 is 0. The first-order chi connectivity index (χ1) is 15.4. The second kappa shape index (κ2) is 8.70. The van der Waals surface area contributed by atoms with Crippen LogP contribution >= 0.6 is 0 Å². The molecule has 0 bridgehead atoms. The molecule has 5 amide bonds. The van der Waals surface area contributed by atoms with Crippen LogP contribution in [0.25, 0.3) is 0 Å². The Morgan fingerprint density at radius 1 is 1.22 bits per heavy atom. The predicted octanol–water partition coefficient (Wildman–Crippen LogP) is 2.12. The van der Waals surface area contributed by atoms with Crippen LogP contribution < -0.4 is 15.4 Å². The van der Waals surface area contributed by atoms with E-state index in [1.165, 1.54) is 9.80 Å². The summed E-state index contributed by atoms with van der Waals surface area (Å²) in [6, 6.07) is 11.5. The molecule has 9 heteroatoms. The molecule has 1 fully saturated rings. The monoisotopic (exact) mass is 436 g/mol. The average molecular weight is 436 g/mol. The lowest BCUT2D eigenvalue weighted by atomic mass is 10.0. The van der Waals surface area contributed by atoms with E-state index in [1.54, 1.807) is 50.6 Å². The van der Waals surface area contributed by atoms with Gasteiger partial charge in [-0.15, -0.1) is 0 Å². The summed E-state index contributed by atoms with van der Waals surface area (Å²) in [7, 11) is 3.23. The zero-order valence-corrected chi connectivity index (χ0v) is 17.9. The Kier molecular flexibility index (Phi) is 5.81. The summed E-state index contributed by atoms with van der Waals surface area (Å²) in [4.78, 5) is 52.4. The summed E-state index contributed by atoms with van der Waals surface area (Å²) in [6.07, 6.45) is 0.513. The van der Waals surface area contributed by atoms with Crippen molar-refractivity contribution in [3.8, 4) is 5.75 Å². The van der Waals surface area contributed by atoms with E-state index in [1.807, 2.05) is 6.07 Å². The number of fused-ring (bicyclic) bond motifs is 1. The number of carbonyl (C=O) groups excluding carboxylic acids is 4. The SMILES string of the molecule is COc1cccc(NC(=O)N(C)Cc2cccc3c2CN(C2CCC(=O)NC2=O)C3=O)c1. The highest BCUT2D eigenvalue weighted by atomic mass is 16.5. The minimum atomic E-state index is -0.672. The van der Waals surface area contributed by atoms with Gasteiger partial charge in [-0.3, -0.25) is 19.7 Å². The number of ether oxygens (including phenoxy) is 1. The molecule has 4 rings (SSSR count). The van der Waals surface area contributed by atoms with Gasteiger partial charge in [-0.1, -0.05) is 18.2 Å². The van der Waals surface area contributed by atoms with Crippen molar-refractivity contribution in [2.75, 3.05) is 19.5 Å². The number of rotatable bonds is 5. The first kappa shape index (κ1) is 21.4. The number of methoxy groups -OCH3 is 1. The predicted molar refractivity (Wildman–Crippen MR) is 116 cm³/mol. The van der Waals surface area contributed by atoms with Crippen LogP contribution in [-0.2, 0) is 22.7 Å². The number of imide groups is 1. The van der Waals surface area contributed by atoms with E-state index in [-0.39, 0.29) is 37.4 Å². The summed E-state index contributed by atoms with van der Waals surface area (Å²) < 4.78 is 5.18. The zero-order valence-electron chi connectivity index (χ0n) is 17.9. The number of nitrogens with one attached hydrogen (secondary N) is 2. The van der Waals surface area contributed by atoms with Gasteiger partial charge in [0.1, 0.15) is 11.8 Å². The lowest BCUT2D eigenvalue weighted by molar-refractivity contribution is -0.136. The third kappa shape index (κ3) is 4.14. The van der Waals surface area contributed by atoms with Crippen LogP contribution in [0.5, 0.6) is 5.75 Å². The molecule has 1 atom stereocenters. The van der Waals surface area contributed by atoms with Gasteiger partial charge in [-0.2, -0.15) is 0 Å². The van der Waals surface area contributed by atoms with Crippen LogP contribution in [0.15, 0.2) is 42.5 Å². The topological polar surface area (TPSA) is 108 Å². The third-order valence-electron chi connectivity index (χ3n) is 5.75. The fourth-order valence-corrected chi connectivity index (χ4v) is 4.05. The number of hydrogen-bond donors (Lipinski definition) is 2.